The molecule has 0 bridgehead atoms. The Kier molecular flexibility index (Phi) is 7.24. The number of anilines is 2. The zero-order valence-electron chi connectivity index (χ0n) is 16.6. The van der Waals surface area contributed by atoms with Crippen molar-refractivity contribution in [2.75, 3.05) is 9.44 Å². The van der Waals surface area contributed by atoms with E-state index in [1.54, 1.807) is 13.8 Å². The standard InChI is InChI=1S/C20H16Cl4N2O4S2/c1-11-7-19(25-31(27,28)13-3-5-15(21)17(23)9-13)20(8-12(11)2)26-32(29,30)14-4-6-16(22)18(24)10-14/h3-10,25-26H,1-2H3. The Morgan fingerprint density at radius 2 is 0.906 bits per heavy atom. The minimum atomic E-state index is -4.10. The first-order valence-corrected chi connectivity index (χ1v) is 13.3. The van der Waals surface area contributed by atoms with Crippen LogP contribution >= 0.6 is 46.4 Å². The molecule has 0 fully saturated rings. The van der Waals surface area contributed by atoms with Crippen molar-refractivity contribution in [2.45, 2.75) is 23.6 Å². The van der Waals surface area contributed by atoms with E-state index in [9.17, 15) is 16.8 Å². The molecule has 0 aliphatic heterocycles. The maximum Gasteiger partial charge on any atom is 0.262 e. The molecule has 3 aromatic rings. The number of benzene rings is 3. The predicted molar refractivity (Wildman–Crippen MR) is 130 cm³/mol. The van der Waals surface area contributed by atoms with Crippen molar-refractivity contribution in [3.05, 3.63) is 79.7 Å². The van der Waals surface area contributed by atoms with Crippen LogP contribution in [0.15, 0.2) is 58.3 Å². The van der Waals surface area contributed by atoms with E-state index in [-0.39, 0.29) is 41.3 Å². The normalized spacial score (nSPS) is 11.9. The Morgan fingerprint density at radius 1 is 0.562 bits per heavy atom. The molecule has 32 heavy (non-hydrogen) atoms. The van der Waals surface area contributed by atoms with Crippen molar-refractivity contribution in [1.29, 1.82) is 0 Å². The second-order valence-corrected chi connectivity index (χ2v) is 11.8. The first kappa shape index (κ1) is 25.0. The summed E-state index contributed by atoms with van der Waals surface area (Å²) in [6, 6.07) is 10.7. The lowest BCUT2D eigenvalue weighted by molar-refractivity contribution is 0.599. The van der Waals surface area contributed by atoms with E-state index in [0.29, 0.717) is 0 Å². The van der Waals surface area contributed by atoms with Crippen LogP contribution in [-0.2, 0) is 20.0 Å². The largest absolute Gasteiger partial charge is 0.277 e. The number of halogens is 4. The van der Waals surface area contributed by atoms with E-state index in [1.807, 2.05) is 0 Å². The Labute approximate surface area is 206 Å². The third-order valence-corrected chi connectivity index (χ3v) is 8.73. The molecular formula is C20H16Cl4N2O4S2. The SMILES string of the molecule is Cc1cc(NS(=O)(=O)c2ccc(Cl)c(Cl)c2)c(NS(=O)(=O)c2ccc(Cl)c(Cl)c2)cc1C. The third-order valence-electron chi connectivity index (χ3n) is 4.53. The second kappa shape index (κ2) is 9.29. The quantitative estimate of drug-likeness (QED) is 0.363. The molecule has 0 saturated carbocycles. The number of hydrogen-bond donors (Lipinski definition) is 2. The van der Waals surface area contributed by atoms with Crippen molar-refractivity contribution in [2.24, 2.45) is 0 Å². The molecule has 0 spiro atoms. The van der Waals surface area contributed by atoms with E-state index in [1.165, 1.54) is 48.5 Å². The highest BCUT2D eigenvalue weighted by Gasteiger charge is 2.22. The summed E-state index contributed by atoms with van der Waals surface area (Å²) >= 11 is 23.6. The fraction of sp³-hybridized carbons (Fsp3) is 0.100. The van der Waals surface area contributed by atoms with Gasteiger partial charge in [0, 0.05) is 0 Å². The summed E-state index contributed by atoms with van der Waals surface area (Å²) in [5, 5.41) is 0.532. The second-order valence-electron chi connectivity index (χ2n) is 6.84. The molecule has 3 rings (SSSR count). The summed E-state index contributed by atoms with van der Waals surface area (Å²) in [7, 11) is -8.21. The predicted octanol–water partition coefficient (Wildman–Crippen LogP) is 6.52. The van der Waals surface area contributed by atoms with Gasteiger partial charge in [-0.15, -0.1) is 0 Å². The van der Waals surface area contributed by atoms with Crippen LogP contribution in [0.3, 0.4) is 0 Å². The third kappa shape index (κ3) is 5.44. The van der Waals surface area contributed by atoms with Crippen LogP contribution in [0.4, 0.5) is 11.4 Å². The number of sulfonamides is 2. The van der Waals surface area contributed by atoms with Gasteiger partial charge in [0.2, 0.25) is 0 Å². The van der Waals surface area contributed by atoms with Gasteiger partial charge in [-0.1, -0.05) is 46.4 Å². The van der Waals surface area contributed by atoms with Crippen LogP contribution in [0.1, 0.15) is 11.1 Å². The highest BCUT2D eigenvalue weighted by Crippen LogP contribution is 2.33. The van der Waals surface area contributed by atoms with Crippen molar-refractivity contribution in [3.8, 4) is 0 Å². The molecule has 0 saturated heterocycles. The Morgan fingerprint density at radius 3 is 1.22 bits per heavy atom. The van der Waals surface area contributed by atoms with E-state index >= 15 is 0 Å². The molecule has 6 nitrogen and oxygen atoms in total. The van der Waals surface area contributed by atoms with Gasteiger partial charge in [0.15, 0.2) is 0 Å². The van der Waals surface area contributed by atoms with Gasteiger partial charge in [-0.3, -0.25) is 9.44 Å². The van der Waals surface area contributed by atoms with Crippen LogP contribution in [0, 0.1) is 13.8 Å². The van der Waals surface area contributed by atoms with Gasteiger partial charge >= 0.3 is 0 Å². The van der Waals surface area contributed by atoms with Gasteiger partial charge in [-0.05, 0) is 73.5 Å². The minimum Gasteiger partial charge on any atom is -0.277 e. The molecule has 0 unspecified atom stereocenters. The van der Waals surface area contributed by atoms with Gasteiger partial charge in [0.1, 0.15) is 0 Å². The van der Waals surface area contributed by atoms with Crippen LogP contribution < -0.4 is 9.44 Å². The molecule has 2 N–H and O–H groups in total. The highest BCUT2D eigenvalue weighted by atomic mass is 35.5. The summed E-state index contributed by atoms with van der Waals surface area (Å²) in [5.74, 6) is 0. The monoisotopic (exact) mass is 552 g/mol. The Hall–Kier alpha value is -1.68. The van der Waals surface area contributed by atoms with Gasteiger partial charge in [-0.2, -0.15) is 0 Å². The van der Waals surface area contributed by atoms with Crippen molar-refractivity contribution in [3.63, 3.8) is 0 Å². The summed E-state index contributed by atoms with van der Waals surface area (Å²) in [6.45, 7) is 3.53. The summed E-state index contributed by atoms with van der Waals surface area (Å²) in [6.07, 6.45) is 0. The lowest BCUT2D eigenvalue weighted by Crippen LogP contribution is -2.18. The Balaban J connectivity index is 2.03. The highest BCUT2D eigenvalue weighted by molar-refractivity contribution is 7.93. The number of rotatable bonds is 6. The van der Waals surface area contributed by atoms with E-state index in [0.717, 1.165) is 11.1 Å². The minimum absolute atomic E-state index is 0.0304. The first-order chi connectivity index (χ1) is 14.8. The molecule has 0 heterocycles. The van der Waals surface area contributed by atoms with Gasteiger partial charge in [0.25, 0.3) is 20.0 Å². The average molecular weight is 554 g/mol. The molecule has 0 aromatic heterocycles. The number of hydrogen-bond acceptors (Lipinski definition) is 4. The van der Waals surface area contributed by atoms with Gasteiger partial charge in [-0.25, -0.2) is 16.8 Å². The van der Waals surface area contributed by atoms with Crippen LogP contribution in [0.5, 0.6) is 0 Å². The molecule has 3 aromatic carbocycles. The fourth-order valence-corrected chi connectivity index (χ4v) is 5.60. The molecule has 12 heteroatoms. The van der Waals surface area contributed by atoms with Crippen molar-refractivity contribution < 1.29 is 16.8 Å². The molecule has 0 aliphatic rings. The van der Waals surface area contributed by atoms with E-state index < -0.39 is 20.0 Å². The zero-order chi connectivity index (χ0) is 23.8. The zero-order valence-corrected chi connectivity index (χ0v) is 21.2. The molecule has 0 amide bonds. The van der Waals surface area contributed by atoms with Crippen LogP contribution in [0.25, 0.3) is 0 Å². The Bertz CT molecular complexity index is 1320. The summed E-state index contributed by atoms with van der Waals surface area (Å²) in [4.78, 5) is -0.271. The summed E-state index contributed by atoms with van der Waals surface area (Å²) < 4.78 is 56.5. The fourth-order valence-electron chi connectivity index (χ4n) is 2.68. The lowest BCUT2D eigenvalue weighted by atomic mass is 10.1. The first-order valence-electron chi connectivity index (χ1n) is 8.87. The molecule has 0 aliphatic carbocycles. The van der Waals surface area contributed by atoms with E-state index in [4.69, 9.17) is 46.4 Å². The molecule has 170 valence electrons. The van der Waals surface area contributed by atoms with Crippen LogP contribution in [0.2, 0.25) is 20.1 Å². The maximum absolute atomic E-state index is 12.9. The average Bonchev–Trinajstić information content (AvgIpc) is 2.69. The molecular weight excluding hydrogens is 538 g/mol. The summed E-state index contributed by atoms with van der Waals surface area (Å²) in [5.41, 5.74) is 1.55. The van der Waals surface area contributed by atoms with E-state index in [2.05, 4.69) is 9.44 Å². The maximum atomic E-state index is 12.9. The smallest absolute Gasteiger partial charge is 0.262 e. The van der Waals surface area contributed by atoms with Crippen LogP contribution in [-0.4, -0.2) is 16.8 Å². The van der Waals surface area contributed by atoms with Crippen molar-refractivity contribution >= 4 is 77.8 Å². The number of aryl methyl sites for hydroxylation is 2. The van der Waals surface area contributed by atoms with Gasteiger partial charge < -0.3 is 0 Å². The molecule has 0 radical (unpaired) electrons. The molecule has 0 atom stereocenters. The lowest BCUT2D eigenvalue weighted by Gasteiger charge is -2.17. The topological polar surface area (TPSA) is 92.3 Å². The van der Waals surface area contributed by atoms with Gasteiger partial charge in [0.05, 0.1) is 41.3 Å². The van der Waals surface area contributed by atoms with Crippen molar-refractivity contribution in [1.82, 2.24) is 0 Å². The number of nitrogens with one attached hydrogen (secondary N) is 2.